The molecule has 0 saturated heterocycles. The fourth-order valence-corrected chi connectivity index (χ4v) is 2.44. The van der Waals surface area contributed by atoms with Gasteiger partial charge >= 0.3 is 0 Å². The fourth-order valence-electron chi connectivity index (χ4n) is 2.20. The minimum atomic E-state index is 0.116. The van der Waals surface area contributed by atoms with Gasteiger partial charge in [0.2, 0.25) is 0 Å². The Morgan fingerprint density at radius 1 is 1.45 bits per heavy atom. The van der Waals surface area contributed by atoms with Crippen LogP contribution in [0.15, 0.2) is 18.6 Å². The molecule has 0 aromatic carbocycles. The van der Waals surface area contributed by atoms with Crippen molar-refractivity contribution in [3.05, 3.63) is 40.7 Å². The zero-order valence-corrected chi connectivity index (χ0v) is 12.9. The Morgan fingerprint density at radius 2 is 2.25 bits per heavy atom. The molecule has 1 unspecified atom stereocenters. The van der Waals surface area contributed by atoms with Crippen molar-refractivity contribution in [3.63, 3.8) is 0 Å². The number of nitrogens with zero attached hydrogens (tertiary/aromatic N) is 4. The van der Waals surface area contributed by atoms with Gasteiger partial charge in [0.25, 0.3) is 0 Å². The van der Waals surface area contributed by atoms with Crippen LogP contribution >= 0.6 is 11.6 Å². The molecule has 0 aliphatic carbocycles. The maximum absolute atomic E-state index is 6.34. The first-order valence-corrected chi connectivity index (χ1v) is 7.18. The molecule has 2 heterocycles. The summed E-state index contributed by atoms with van der Waals surface area (Å²) >= 11 is 6.34. The Hall–Kier alpha value is -1.46. The zero-order chi connectivity index (χ0) is 14.5. The first kappa shape index (κ1) is 14.9. The number of halogens is 1. The van der Waals surface area contributed by atoms with E-state index in [1.807, 2.05) is 24.7 Å². The van der Waals surface area contributed by atoms with E-state index in [2.05, 4.69) is 27.3 Å². The Bertz CT molecular complexity index is 552. The number of aryl methyl sites for hydroxylation is 2. The van der Waals surface area contributed by atoms with E-state index in [4.69, 9.17) is 11.6 Å². The smallest absolute Gasteiger partial charge is 0.115 e. The van der Waals surface area contributed by atoms with E-state index in [0.29, 0.717) is 0 Å². The first-order chi connectivity index (χ1) is 9.63. The summed E-state index contributed by atoms with van der Waals surface area (Å²) in [6.07, 6.45) is 5.16. The summed E-state index contributed by atoms with van der Waals surface area (Å²) in [4.78, 5) is 8.32. The standard InChI is InChI=1S/C14H20ClN5/c1-4-6-17-12(11-5-7-16-9-18-11)8-13-14(15)10(2)19-20(13)3/h5,7,9,12,17H,4,6,8H2,1-3H3. The van der Waals surface area contributed by atoms with Gasteiger partial charge < -0.3 is 5.32 Å². The van der Waals surface area contributed by atoms with Gasteiger partial charge in [0.15, 0.2) is 0 Å². The molecule has 0 bridgehead atoms. The molecule has 20 heavy (non-hydrogen) atoms. The van der Waals surface area contributed by atoms with Crippen LogP contribution in [0.4, 0.5) is 0 Å². The number of hydrogen-bond acceptors (Lipinski definition) is 4. The molecule has 0 aliphatic rings. The predicted molar refractivity (Wildman–Crippen MR) is 79.7 cm³/mol. The Labute approximate surface area is 124 Å². The average molecular weight is 294 g/mol. The van der Waals surface area contributed by atoms with Crippen molar-refractivity contribution >= 4 is 11.6 Å². The van der Waals surface area contributed by atoms with Gasteiger partial charge in [0, 0.05) is 19.7 Å². The number of rotatable bonds is 6. The van der Waals surface area contributed by atoms with Crippen molar-refractivity contribution in [1.82, 2.24) is 25.1 Å². The van der Waals surface area contributed by atoms with Crippen molar-refractivity contribution < 1.29 is 0 Å². The number of aromatic nitrogens is 4. The Kier molecular flexibility index (Phi) is 5.09. The van der Waals surface area contributed by atoms with Crippen molar-refractivity contribution in [2.75, 3.05) is 6.54 Å². The largest absolute Gasteiger partial charge is 0.308 e. The highest BCUT2D eigenvalue weighted by molar-refractivity contribution is 6.31. The van der Waals surface area contributed by atoms with Crippen LogP contribution in [-0.2, 0) is 13.5 Å². The highest BCUT2D eigenvalue weighted by atomic mass is 35.5. The summed E-state index contributed by atoms with van der Waals surface area (Å²) in [5, 5.41) is 8.61. The predicted octanol–water partition coefficient (Wildman–Crippen LogP) is 2.46. The van der Waals surface area contributed by atoms with Crippen molar-refractivity contribution in [2.45, 2.75) is 32.7 Å². The summed E-state index contributed by atoms with van der Waals surface area (Å²) in [6.45, 7) is 5.00. The van der Waals surface area contributed by atoms with Crippen LogP contribution in [-0.4, -0.2) is 26.3 Å². The third kappa shape index (κ3) is 3.35. The van der Waals surface area contributed by atoms with Gasteiger partial charge in [-0.25, -0.2) is 9.97 Å². The molecule has 0 aliphatic heterocycles. The van der Waals surface area contributed by atoms with E-state index in [1.165, 1.54) is 0 Å². The van der Waals surface area contributed by atoms with Gasteiger partial charge in [-0.2, -0.15) is 5.10 Å². The average Bonchev–Trinajstić information content (AvgIpc) is 2.70. The van der Waals surface area contributed by atoms with E-state index in [9.17, 15) is 0 Å². The summed E-state index contributed by atoms with van der Waals surface area (Å²) in [6, 6.07) is 2.05. The van der Waals surface area contributed by atoms with Crippen LogP contribution in [0.3, 0.4) is 0 Å². The molecule has 108 valence electrons. The molecule has 0 saturated carbocycles. The van der Waals surface area contributed by atoms with E-state index < -0.39 is 0 Å². The van der Waals surface area contributed by atoms with Gasteiger partial charge in [0.05, 0.1) is 28.1 Å². The minimum Gasteiger partial charge on any atom is -0.308 e. The third-order valence-electron chi connectivity index (χ3n) is 3.26. The third-order valence-corrected chi connectivity index (χ3v) is 3.75. The highest BCUT2D eigenvalue weighted by Gasteiger charge is 2.18. The first-order valence-electron chi connectivity index (χ1n) is 6.80. The second-order valence-corrected chi connectivity index (χ2v) is 5.19. The molecule has 0 spiro atoms. The van der Waals surface area contributed by atoms with Crippen molar-refractivity contribution in [2.24, 2.45) is 7.05 Å². The van der Waals surface area contributed by atoms with Crippen LogP contribution in [0.1, 0.15) is 36.5 Å². The van der Waals surface area contributed by atoms with Crippen LogP contribution in [0, 0.1) is 6.92 Å². The molecule has 2 aromatic rings. The van der Waals surface area contributed by atoms with Gasteiger partial charge in [-0.3, -0.25) is 4.68 Å². The molecule has 6 heteroatoms. The quantitative estimate of drug-likeness (QED) is 0.889. The molecule has 1 N–H and O–H groups in total. The summed E-state index contributed by atoms with van der Waals surface area (Å²) in [5.41, 5.74) is 2.86. The maximum atomic E-state index is 6.34. The lowest BCUT2D eigenvalue weighted by Gasteiger charge is -2.18. The molecule has 1 atom stereocenters. The Morgan fingerprint density at radius 3 is 2.80 bits per heavy atom. The molecular weight excluding hydrogens is 274 g/mol. The molecular formula is C14H20ClN5. The molecule has 0 radical (unpaired) electrons. The number of hydrogen-bond donors (Lipinski definition) is 1. The normalized spacial score (nSPS) is 12.6. The summed E-state index contributed by atoms with van der Waals surface area (Å²) in [7, 11) is 1.92. The van der Waals surface area contributed by atoms with Gasteiger partial charge in [-0.15, -0.1) is 0 Å². The van der Waals surface area contributed by atoms with Crippen molar-refractivity contribution in [1.29, 1.82) is 0 Å². The van der Waals surface area contributed by atoms with E-state index in [0.717, 1.165) is 41.5 Å². The SMILES string of the molecule is CCCNC(Cc1c(Cl)c(C)nn1C)c1ccncn1. The lowest BCUT2D eigenvalue weighted by atomic mass is 10.1. The summed E-state index contributed by atoms with van der Waals surface area (Å²) < 4.78 is 1.85. The highest BCUT2D eigenvalue weighted by Crippen LogP contribution is 2.24. The molecule has 2 aromatic heterocycles. The van der Waals surface area contributed by atoms with Crippen molar-refractivity contribution in [3.8, 4) is 0 Å². The van der Waals surface area contributed by atoms with E-state index in [-0.39, 0.29) is 6.04 Å². The maximum Gasteiger partial charge on any atom is 0.115 e. The molecule has 5 nitrogen and oxygen atoms in total. The topological polar surface area (TPSA) is 55.6 Å². The van der Waals surface area contributed by atoms with Gasteiger partial charge in [0.1, 0.15) is 6.33 Å². The Balaban J connectivity index is 2.24. The molecule has 2 rings (SSSR count). The van der Waals surface area contributed by atoms with E-state index >= 15 is 0 Å². The fraction of sp³-hybridized carbons (Fsp3) is 0.500. The monoisotopic (exact) mass is 293 g/mol. The summed E-state index contributed by atoms with van der Waals surface area (Å²) in [5.74, 6) is 0. The van der Waals surface area contributed by atoms with E-state index in [1.54, 1.807) is 12.5 Å². The lowest BCUT2D eigenvalue weighted by molar-refractivity contribution is 0.501. The number of nitrogens with one attached hydrogen (secondary N) is 1. The second kappa shape index (κ2) is 6.81. The van der Waals surface area contributed by atoms with Crippen LogP contribution in [0.25, 0.3) is 0 Å². The van der Waals surface area contributed by atoms with Crippen LogP contribution < -0.4 is 5.32 Å². The van der Waals surface area contributed by atoms with Crippen LogP contribution in [0.5, 0.6) is 0 Å². The van der Waals surface area contributed by atoms with Gasteiger partial charge in [-0.1, -0.05) is 18.5 Å². The second-order valence-electron chi connectivity index (χ2n) is 4.81. The lowest BCUT2D eigenvalue weighted by Crippen LogP contribution is -2.26. The molecule has 0 fully saturated rings. The van der Waals surface area contributed by atoms with Crippen LogP contribution in [0.2, 0.25) is 5.02 Å². The molecule has 0 amide bonds. The van der Waals surface area contributed by atoms with Gasteiger partial charge in [-0.05, 0) is 26.0 Å². The minimum absolute atomic E-state index is 0.116. The zero-order valence-electron chi connectivity index (χ0n) is 12.1.